The fourth-order valence-corrected chi connectivity index (χ4v) is 8.07. The van der Waals surface area contributed by atoms with E-state index in [9.17, 15) is 9.59 Å². The van der Waals surface area contributed by atoms with Crippen LogP contribution in [0.1, 0.15) is 64.4 Å². The van der Waals surface area contributed by atoms with E-state index in [-0.39, 0.29) is 41.0 Å². The number of hydrogen-bond acceptors (Lipinski definition) is 6. The normalized spacial score (nSPS) is 34.8. The fourth-order valence-electron chi connectivity index (χ4n) is 8.07. The summed E-state index contributed by atoms with van der Waals surface area (Å²) in [5.41, 5.74) is 2.40. The molecule has 1 N–H and O–H groups in total. The van der Waals surface area contributed by atoms with Crippen molar-refractivity contribution in [3.05, 3.63) is 65.2 Å². The molecule has 3 aliphatic carbocycles. The molecule has 4 aliphatic rings. The Kier molecular flexibility index (Phi) is 5.79. The first-order chi connectivity index (χ1) is 17.7. The number of allylic oxidation sites excluding steroid dienone is 3. The van der Waals surface area contributed by atoms with Crippen LogP contribution in [-0.2, 0) is 19.1 Å². The molecular weight excluding hydrogens is 464 g/mol. The van der Waals surface area contributed by atoms with Gasteiger partial charge in [-0.25, -0.2) is 0 Å². The maximum atomic E-state index is 13.0. The number of ether oxygens (including phenoxy) is 2. The number of rotatable bonds is 4. The number of hydrogen-bond donors (Lipinski definition) is 1. The first-order valence-electron chi connectivity index (χ1n) is 13.5. The van der Waals surface area contributed by atoms with Crippen LogP contribution >= 0.6 is 0 Å². The largest absolute Gasteiger partial charge is 0.489 e. The second-order valence-electron chi connectivity index (χ2n) is 12.0. The molecule has 2 aromatic rings. The zero-order valence-corrected chi connectivity index (χ0v) is 22.2. The molecular formula is C31H36N2O4. The molecule has 1 aromatic carbocycles. The van der Waals surface area contributed by atoms with Crippen molar-refractivity contribution in [2.75, 3.05) is 13.6 Å². The van der Waals surface area contributed by atoms with Crippen LogP contribution in [0.5, 0.6) is 0 Å². The van der Waals surface area contributed by atoms with Crippen molar-refractivity contribution in [3.8, 4) is 0 Å². The Morgan fingerprint density at radius 2 is 2.05 bits per heavy atom. The monoisotopic (exact) mass is 500 g/mol. The van der Waals surface area contributed by atoms with Gasteiger partial charge < -0.3 is 14.8 Å². The highest BCUT2D eigenvalue weighted by Gasteiger charge is 2.64. The number of ketones is 1. The Morgan fingerprint density at radius 1 is 1.22 bits per heavy atom. The molecule has 37 heavy (non-hydrogen) atoms. The Hall–Kier alpha value is -2.99. The minimum Gasteiger partial charge on any atom is -0.489 e. The van der Waals surface area contributed by atoms with Gasteiger partial charge in [0.2, 0.25) is 0 Å². The van der Waals surface area contributed by atoms with Gasteiger partial charge in [0.15, 0.2) is 5.78 Å². The maximum absolute atomic E-state index is 13.0. The number of pyridine rings is 1. The van der Waals surface area contributed by atoms with E-state index in [1.54, 1.807) is 0 Å². The third kappa shape index (κ3) is 3.92. The molecule has 0 bridgehead atoms. The van der Waals surface area contributed by atoms with Gasteiger partial charge in [-0.05, 0) is 79.8 Å². The molecule has 2 unspecified atom stereocenters. The molecule has 2 saturated carbocycles. The van der Waals surface area contributed by atoms with E-state index in [2.05, 4.69) is 48.4 Å². The molecule has 0 radical (unpaired) electrons. The lowest BCUT2D eigenvalue weighted by Gasteiger charge is -2.48. The molecule has 6 atom stereocenters. The zero-order valence-electron chi connectivity index (χ0n) is 22.2. The van der Waals surface area contributed by atoms with E-state index in [4.69, 9.17) is 9.47 Å². The summed E-state index contributed by atoms with van der Waals surface area (Å²) in [6.07, 6.45) is 9.67. The molecule has 194 valence electrons. The van der Waals surface area contributed by atoms with Crippen LogP contribution in [-0.4, -0.2) is 42.0 Å². The van der Waals surface area contributed by atoms with E-state index in [1.165, 1.54) is 18.1 Å². The summed E-state index contributed by atoms with van der Waals surface area (Å²) in [6, 6.07) is 8.59. The van der Waals surface area contributed by atoms with Crippen LogP contribution in [0.4, 0.5) is 0 Å². The average Bonchev–Trinajstić information content (AvgIpc) is 3.09. The van der Waals surface area contributed by atoms with Crippen molar-refractivity contribution in [2.24, 2.45) is 17.3 Å². The summed E-state index contributed by atoms with van der Waals surface area (Å²) in [5, 5.41) is 5.46. The van der Waals surface area contributed by atoms with Crippen LogP contribution in [0.3, 0.4) is 0 Å². The summed E-state index contributed by atoms with van der Waals surface area (Å²) >= 11 is 0. The Morgan fingerprint density at radius 3 is 2.84 bits per heavy atom. The van der Waals surface area contributed by atoms with Crippen LogP contribution in [0.15, 0.2) is 59.6 Å². The molecule has 2 fully saturated rings. The highest BCUT2D eigenvalue weighted by atomic mass is 16.6. The lowest BCUT2D eigenvalue weighted by atomic mass is 9.60. The molecule has 0 amide bonds. The second kappa shape index (κ2) is 8.80. The number of esters is 1. The number of nitrogens with one attached hydrogen (secondary N) is 1. The zero-order chi connectivity index (χ0) is 25.9. The molecule has 6 rings (SSSR count). The standard InChI is InChI=1S/C31H36N2O4/c1-18(34)37-31(3)15-25-28-21(14-24-26(35)11-19(16-32-4)12-27(24)36-28)7-9-30(25,2)29(31)22-5-6-23-17-33-10-8-20(23)13-22/h5-6,8,10,13-14,17,19,25,28-29,32H,7,9,11-12,15-16H2,1-4H3/t19?,25-,28+,29+,30-,31?/m0/s1. The van der Waals surface area contributed by atoms with E-state index in [1.807, 2.05) is 25.5 Å². The Labute approximate surface area is 218 Å². The average molecular weight is 501 g/mol. The van der Waals surface area contributed by atoms with E-state index in [0.29, 0.717) is 6.42 Å². The van der Waals surface area contributed by atoms with Crippen LogP contribution < -0.4 is 5.32 Å². The molecule has 0 saturated heterocycles. The summed E-state index contributed by atoms with van der Waals surface area (Å²) in [4.78, 5) is 29.6. The van der Waals surface area contributed by atoms with Crippen molar-refractivity contribution in [1.82, 2.24) is 10.3 Å². The predicted molar refractivity (Wildman–Crippen MR) is 142 cm³/mol. The minimum absolute atomic E-state index is 0.0250. The van der Waals surface area contributed by atoms with Crippen molar-refractivity contribution in [1.29, 1.82) is 0 Å². The Bertz CT molecular complexity index is 1350. The number of carbonyl (C=O) groups is 2. The van der Waals surface area contributed by atoms with E-state index in [0.717, 1.165) is 54.3 Å². The minimum atomic E-state index is -0.656. The number of aromatic nitrogens is 1. The summed E-state index contributed by atoms with van der Waals surface area (Å²) < 4.78 is 13.0. The third-order valence-corrected chi connectivity index (χ3v) is 9.44. The van der Waals surface area contributed by atoms with Gasteiger partial charge >= 0.3 is 5.97 Å². The van der Waals surface area contributed by atoms with Crippen molar-refractivity contribution in [2.45, 2.75) is 70.5 Å². The van der Waals surface area contributed by atoms with Crippen molar-refractivity contribution >= 4 is 22.5 Å². The number of carbonyl (C=O) groups excluding carboxylic acids is 2. The molecule has 6 heteroatoms. The summed E-state index contributed by atoms with van der Waals surface area (Å²) in [7, 11) is 1.93. The fraction of sp³-hybridized carbons (Fsp3) is 0.516. The van der Waals surface area contributed by atoms with Gasteiger partial charge in [-0.3, -0.25) is 14.6 Å². The van der Waals surface area contributed by atoms with Crippen LogP contribution in [0.2, 0.25) is 0 Å². The quantitative estimate of drug-likeness (QED) is 0.579. The van der Waals surface area contributed by atoms with Gasteiger partial charge in [0.05, 0.1) is 5.57 Å². The molecule has 6 nitrogen and oxygen atoms in total. The predicted octanol–water partition coefficient (Wildman–Crippen LogP) is 5.24. The molecule has 1 aliphatic heterocycles. The SMILES string of the molecule is CNCC1CC(=O)C2=C(C1)O[C@@H]1C(=C2)CC[C@@]2(C)[C@H]1CC(C)(OC(C)=O)[C@@H]2c1ccc2cnccc2c1. The highest BCUT2D eigenvalue weighted by Crippen LogP contribution is 2.66. The van der Waals surface area contributed by atoms with Gasteiger partial charge in [-0.1, -0.05) is 25.1 Å². The van der Waals surface area contributed by atoms with Crippen LogP contribution in [0.25, 0.3) is 10.8 Å². The smallest absolute Gasteiger partial charge is 0.303 e. The topological polar surface area (TPSA) is 77.5 Å². The van der Waals surface area contributed by atoms with Gasteiger partial charge in [-0.15, -0.1) is 0 Å². The summed E-state index contributed by atoms with van der Waals surface area (Å²) in [5.74, 6) is 1.25. The summed E-state index contributed by atoms with van der Waals surface area (Å²) in [6.45, 7) is 6.77. The number of nitrogens with zero attached hydrogens (tertiary/aromatic N) is 1. The maximum Gasteiger partial charge on any atom is 0.303 e. The lowest BCUT2D eigenvalue weighted by molar-refractivity contribution is -0.157. The number of Topliss-reactive ketones (excluding diaryl/α,β-unsaturated/α-hetero) is 1. The number of benzene rings is 1. The van der Waals surface area contributed by atoms with Crippen LogP contribution in [0, 0.1) is 17.3 Å². The van der Waals surface area contributed by atoms with Crippen molar-refractivity contribution < 1.29 is 19.1 Å². The second-order valence-corrected chi connectivity index (χ2v) is 12.0. The van der Waals surface area contributed by atoms with Gasteiger partial charge in [0, 0.05) is 49.4 Å². The van der Waals surface area contributed by atoms with Gasteiger partial charge in [0.25, 0.3) is 0 Å². The lowest BCUT2D eigenvalue weighted by Crippen LogP contribution is -2.44. The van der Waals surface area contributed by atoms with E-state index < -0.39 is 5.60 Å². The van der Waals surface area contributed by atoms with Crippen molar-refractivity contribution in [3.63, 3.8) is 0 Å². The molecule has 1 aromatic heterocycles. The van der Waals surface area contributed by atoms with Gasteiger partial charge in [-0.2, -0.15) is 0 Å². The molecule has 2 heterocycles. The Balaban J connectivity index is 1.40. The molecule has 0 spiro atoms. The highest BCUT2D eigenvalue weighted by molar-refractivity contribution is 6.00. The number of fused-ring (bicyclic) bond motifs is 4. The first kappa shape index (κ1) is 24.4. The van der Waals surface area contributed by atoms with E-state index >= 15 is 0 Å². The third-order valence-electron chi connectivity index (χ3n) is 9.44. The van der Waals surface area contributed by atoms with Gasteiger partial charge in [0.1, 0.15) is 17.5 Å². The first-order valence-corrected chi connectivity index (χ1v) is 13.5.